The minimum Gasteiger partial charge on any atom is -0.398 e. The summed E-state index contributed by atoms with van der Waals surface area (Å²) in [5, 5.41) is 0.553. The number of allylic oxidation sites excluding steroid dienone is 4. The van der Waals surface area contributed by atoms with Gasteiger partial charge in [0, 0.05) is 16.6 Å². The van der Waals surface area contributed by atoms with Crippen LogP contribution >= 0.6 is 11.6 Å². The summed E-state index contributed by atoms with van der Waals surface area (Å²) in [6.45, 7) is 3.41. The molecule has 0 amide bonds. The van der Waals surface area contributed by atoms with E-state index in [1.807, 2.05) is 0 Å². The molecule has 2 N–H and O–H groups in total. The van der Waals surface area contributed by atoms with Gasteiger partial charge < -0.3 is 5.73 Å². The van der Waals surface area contributed by atoms with E-state index in [0.717, 1.165) is 0 Å². The summed E-state index contributed by atoms with van der Waals surface area (Å²) in [5.41, 5.74) is 6.05. The zero-order valence-corrected chi connectivity index (χ0v) is 7.34. The van der Waals surface area contributed by atoms with Crippen LogP contribution in [0, 0.1) is 5.92 Å². The Morgan fingerprint density at radius 2 is 2.50 bits per heavy atom. The molecule has 0 aromatic rings. The SMILES string of the molecule is C=CC(=O)C1C=CC(N)=C(Cl)C1. The third kappa shape index (κ3) is 1.77. The molecule has 0 spiro atoms. The molecule has 0 aromatic heterocycles. The normalized spacial score (nSPS) is 22.6. The first-order chi connectivity index (χ1) is 5.65. The van der Waals surface area contributed by atoms with Gasteiger partial charge in [0.05, 0.1) is 0 Å². The predicted octanol–water partition coefficient (Wildman–Crippen LogP) is 1.73. The molecule has 0 aliphatic heterocycles. The van der Waals surface area contributed by atoms with Crippen molar-refractivity contribution in [1.29, 1.82) is 0 Å². The quantitative estimate of drug-likeness (QED) is 0.663. The van der Waals surface area contributed by atoms with Crippen LogP contribution < -0.4 is 5.73 Å². The van der Waals surface area contributed by atoms with Crippen LogP contribution in [0.3, 0.4) is 0 Å². The van der Waals surface area contributed by atoms with E-state index < -0.39 is 0 Å². The summed E-state index contributed by atoms with van der Waals surface area (Å²) in [5.74, 6) is -0.195. The van der Waals surface area contributed by atoms with E-state index >= 15 is 0 Å². The third-order valence-electron chi connectivity index (χ3n) is 1.79. The summed E-state index contributed by atoms with van der Waals surface area (Å²) in [7, 11) is 0. The second-order valence-electron chi connectivity index (χ2n) is 2.64. The van der Waals surface area contributed by atoms with Gasteiger partial charge in [-0.3, -0.25) is 4.79 Å². The largest absolute Gasteiger partial charge is 0.398 e. The Labute approximate surface area is 76.4 Å². The first-order valence-electron chi connectivity index (χ1n) is 3.63. The van der Waals surface area contributed by atoms with Crippen molar-refractivity contribution in [3.05, 3.63) is 35.5 Å². The number of nitrogens with two attached hydrogens (primary N) is 1. The standard InChI is InChI=1S/C9H10ClNO/c1-2-9(12)6-3-4-8(11)7(10)5-6/h2-4,6H,1,5,11H2. The van der Waals surface area contributed by atoms with Crippen LogP contribution in [0.1, 0.15) is 6.42 Å². The number of rotatable bonds is 2. The topological polar surface area (TPSA) is 43.1 Å². The molecule has 3 heteroatoms. The van der Waals surface area contributed by atoms with Crippen LogP contribution in [0.5, 0.6) is 0 Å². The molecule has 1 atom stereocenters. The molecule has 1 rings (SSSR count). The Morgan fingerprint density at radius 3 is 3.00 bits per heavy atom. The highest BCUT2D eigenvalue weighted by Crippen LogP contribution is 2.24. The van der Waals surface area contributed by atoms with Gasteiger partial charge in [0.15, 0.2) is 5.78 Å². The van der Waals surface area contributed by atoms with E-state index in [1.54, 1.807) is 12.2 Å². The van der Waals surface area contributed by atoms with Gasteiger partial charge in [0.1, 0.15) is 0 Å². The first kappa shape index (κ1) is 9.07. The highest BCUT2D eigenvalue weighted by Gasteiger charge is 2.17. The molecule has 0 aromatic carbocycles. The molecule has 0 fully saturated rings. The van der Waals surface area contributed by atoms with Gasteiger partial charge in [-0.15, -0.1) is 0 Å². The smallest absolute Gasteiger partial charge is 0.162 e. The predicted molar refractivity (Wildman–Crippen MR) is 49.5 cm³/mol. The number of carbonyl (C=O) groups is 1. The third-order valence-corrected chi connectivity index (χ3v) is 2.16. The Hall–Kier alpha value is -1.02. The van der Waals surface area contributed by atoms with Crippen molar-refractivity contribution in [3.8, 4) is 0 Å². The van der Waals surface area contributed by atoms with E-state index in [4.69, 9.17) is 17.3 Å². The molecule has 0 bridgehead atoms. The molecule has 1 aliphatic rings. The molecule has 1 aliphatic carbocycles. The summed E-state index contributed by atoms with van der Waals surface area (Å²) in [4.78, 5) is 11.1. The van der Waals surface area contributed by atoms with Crippen LogP contribution in [0.25, 0.3) is 0 Å². The maximum absolute atomic E-state index is 11.1. The maximum Gasteiger partial charge on any atom is 0.162 e. The average Bonchev–Trinajstić information content (AvgIpc) is 2.08. The summed E-state index contributed by atoms with van der Waals surface area (Å²) < 4.78 is 0. The Bertz CT molecular complexity index is 278. The van der Waals surface area contributed by atoms with E-state index in [1.165, 1.54) is 6.08 Å². The average molecular weight is 184 g/mol. The summed E-state index contributed by atoms with van der Waals surface area (Å²) in [6.07, 6.45) is 5.22. The van der Waals surface area contributed by atoms with Crippen molar-refractivity contribution < 1.29 is 4.79 Å². The van der Waals surface area contributed by atoms with Crippen molar-refractivity contribution in [3.63, 3.8) is 0 Å². The number of hydrogen-bond donors (Lipinski definition) is 1. The minimum absolute atomic E-state index is 0.0168. The van der Waals surface area contributed by atoms with E-state index in [0.29, 0.717) is 17.2 Å². The fourth-order valence-corrected chi connectivity index (χ4v) is 1.27. The van der Waals surface area contributed by atoms with Crippen molar-refractivity contribution >= 4 is 17.4 Å². The van der Waals surface area contributed by atoms with Crippen molar-refractivity contribution in [2.75, 3.05) is 0 Å². The van der Waals surface area contributed by atoms with Crippen molar-refractivity contribution in [2.45, 2.75) is 6.42 Å². The summed E-state index contributed by atoms with van der Waals surface area (Å²) >= 11 is 5.78. The highest BCUT2D eigenvalue weighted by atomic mass is 35.5. The van der Waals surface area contributed by atoms with Crippen LogP contribution in [0.15, 0.2) is 35.5 Å². The van der Waals surface area contributed by atoms with Gasteiger partial charge in [0.2, 0.25) is 0 Å². The second kappa shape index (κ2) is 3.59. The number of ketones is 1. The lowest BCUT2D eigenvalue weighted by Crippen LogP contribution is -2.14. The Morgan fingerprint density at radius 1 is 1.83 bits per heavy atom. The van der Waals surface area contributed by atoms with Gasteiger partial charge >= 0.3 is 0 Å². The van der Waals surface area contributed by atoms with Crippen LogP contribution in [-0.4, -0.2) is 5.78 Å². The van der Waals surface area contributed by atoms with Gasteiger partial charge in [0.25, 0.3) is 0 Å². The van der Waals surface area contributed by atoms with Crippen LogP contribution in [-0.2, 0) is 4.79 Å². The van der Waals surface area contributed by atoms with Crippen LogP contribution in [0.4, 0.5) is 0 Å². The molecule has 1 unspecified atom stereocenters. The second-order valence-corrected chi connectivity index (χ2v) is 3.09. The van der Waals surface area contributed by atoms with E-state index in [2.05, 4.69) is 6.58 Å². The number of hydrogen-bond acceptors (Lipinski definition) is 2. The van der Waals surface area contributed by atoms with Crippen molar-refractivity contribution in [2.24, 2.45) is 11.7 Å². The Kier molecular flexibility index (Phi) is 2.71. The molecule has 12 heavy (non-hydrogen) atoms. The zero-order valence-electron chi connectivity index (χ0n) is 6.59. The molecular weight excluding hydrogens is 174 g/mol. The van der Waals surface area contributed by atoms with Gasteiger partial charge in [-0.25, -0.2) is 0 Å². The van der Waals surface area contributed by atoms with Gasteiger partial charge in [-0.05, 0) is 18.6 Å². The molecule has 2 nitrogen and oxygen atoms in total. The lowest BCUT2D eigenvalue weighted by molar-refractivity contribution is -0.116. The number of halogens is 1. The lowest BCUT2D eigenvalue weighted by Gasteiger charge is -2.14. The number of carbonyl (C=O) groups excluding carboxylic acids is 1. The lowest BCUT2D eigenvalue weighted by atomic mass is 9.95. The van der Waals surface area contributed by atoms with E-state index in [9.17, 15) is 4.79 Å². The monoisotopic (exact) mass is 183 g/mol. The maximum atomic E-state index is 11.1. The van der Waals surface area contributed by atoms with E-state index in [-0.39, 0.29) is 11.7 Å². The highest BCUT2D eigenvalue weighted by molar-refractivity contribution is 6.30. The van der Waals surface area contributed by atoms with Gasteiger partial charge in [-0.1, -0.05) is 24.3 Å². The zero-order chi connectivity index (χ0) is 9.14. The van der Waals surface area contributed by atoms with Crippen LogP contribution in [0.2, 0.25) is 0 Å². The molecular formula is C9H10ClNO. The fourth-order valence-electron chi connectivity index (χ4n) is 1.04. The molecule has 0 radical (unpaired) electrons. The minimum atomic E-state index is -0.178. The molecule has 0 heterocycles. The molecule has 64 valence electrons. The van der Waals surface area contributed by atoms with Gasteiger partial charge in [-0.2, -0.15) is 0 Å². The fraction of sp³-hybridized carbons (Fsp3) is 0.222. The molecule has 0 saturated carbocycles. The van der Waals surface area contributed by atoms with Crippen molar-refractivity contribution in [1.82, 2.24) is 0 Å². The first-order valence-corrected chi connectivity index (χ1v) is 4.01. The molecule has 0 saturated heterocycles. The summed E-state index contributed by atoms with van der Waals surface area (Å²) in [6, 6.07) is 0. The Balaban J connectivity index is 2.75.